The van der Waals surface area contributed by atoms with E-state index in [-0.39, 0.29) is 24.2 Å². The van der Waals surface area contributed by atoms with E-state index in [9.17, 15) is 4.79 Å². The van der Waals surface area contributed by atoms with Gasteiger partial charge in [-0.25, -0.2) is 0 Å². The quantitative estimate of drug-likeness (QED) is 0.896. The van der Waals surface area contributed by atoms with Gasteiger partial charge in [-0.3, -0.25) is 10.1 Å². The Morgan fingerprint density at radius 1 is 1.16 bits per heavy atom. The molecule has 5 nitrogen and oxygen atoms in total. The van der Waals surface area contributed by atoms with Crippen molar-refractivity contribution in [1.29, 1.82) is 0 Å². The summed E-state index contributed by atoms with van der Waals surface area (Å²) in [5.74, 6) is 1.05. The Balaban J connectivity index is 1.36. The Hall–Kier alpha value is -2.11. The fourth-order valence-electron chi connectivity index (χ4n) is 3.92. The number of likely N-dealkylation sites (tertiary alicyclic amines) is 1. The Bertz CT molecular complexity index is 758. The molecule has 25 heavy (non-hydrogen) atoms. The summed E-state index contributed by atoms with van der Waals surface area (Å²) >= 11 is 0. The van der Waals surface area contributed by atoms with Gasteiger partial charge in [-0.1, -0.05) is 36.4 Å². The lowest BCUT2D eigenvalue weighted by molar-refractivity contribution is -0.133. The van der Waals surface area contributed by atoms with Gasteiger partial charge < -0.3 is 15.4 Å². The first-order valence-corrected chi connectivity index (χ1v) is 9.15. The molecule has 2 aliphatic rings. The lowest BCUT2D eigenvalue weighted by Gasteiger charge is -2.25. The number of nitrogens with two attached hydrogens (primary N) is 1. The van der Waals surface area contributed by atoms with Crippen molar-refractivity contribution in [2.24, 2.45) is 5.73 Å². The number of benzene rings is 2. The van der Waals surface area contributed by atoms with Gasteiger partial charge in [-0.15, -0.1) is 0 Å². The number of amides is 1. The molecule has 1 unspecified atom stereocenters. The molecule has 0 aliphatic carbocycles. The van der Waals surface area contributed by atoms with Gasteiger partial charge in [0.05, 0.1) is 12.2 Å². The van der Waals surface area contributed by atoms with Crippen LogP contribution in [-0.2, 0) is 4.79 Å². The van der Waals surface area contributed by atoms with Crippen molar-refractivity contribution in [3.05, 3.63) is 42.5 Å². The second kappa shape index (κ2) is 7.02. The summed E-state index contributed by atoms with van der Waals surface area (Å²) in [5, 5.41) is 5.73. The summed E-state index contributed by atoms with van der Waals surface area (Å²) in [5.41, 5.74) is 6.02. The first-order valence-electron chi connectivity index (χ1n) is 9.15. The van der Waals surface area contributed by atoms with E-state index < -0.39 is 0 Å². The topological polar surface area (TPSA) is 67.6 Å². The summed E-state index contributed by atoms with van der Waals surface area (Å²) in [7, 11) is 0. The molecule has 3 atom stereocenters. The molecule has 0 saturated carbocycles. The molecule has 2 aliphatic heterocycles. The maximum absolute atomic E-state index is 12.6. The van der Waals surface area contributed by atoms with Crippen LogP contribution in [-0.4, -0.2) is 42.2 Å². The van der Waals surface area contributed by atoms with E-state index in [2.05, 4.69) is 23.5 Å². The zero-order chi connectivity index (χ0) is 17.2. The van der Waals surface area contributed by atoms with Crippen LogP contribution in [0.5, 0.6) is 5.75 Å². The minimum absolute atomic E-state index is 0.111. The molecule has 4 rings (SSSR count). The number of carbonyl (C=O) groups is 1. The normalized spacial score (nSPS) is 26.3. The molecule has 0 aromatic heterocycles. The monoisotopic (exact) mass is 339 g/mol. The highest BCUT2D eigenvalue weighted by molar-refractivity contribution is 5.88. The number of rotatable bonds is 4. The fraction of sp³-hybridized carbons (Fsp3) is 0.450. The zero-order valence-corrected chi connectivity index (χ0v) is 14.4. The molecular weight excluding hydrogens is 314 g/mol. The fourth-order valence-corrected chi connectivity index (χ4v) is 3.92. The van der Waals surface area contributed by atoms with Gasteiger partial charge in [0.1, 0.15) is 12.4 Å². The molecule has 2 saturated heterocycles. The van der Waals surface area contributed by atoms with Crippen molar-refractivity contribution in [3.63, 3.8) is 0 Å². The van der Waals surface area contributed by atoms with Gasteiger partial charge in [0.2, 0.25) is 5.91 Å². The average Bonchev–Trinajstić information content (AvgIpc) is 3.28. The third-order valence-electron chi connectivity index (χ3n) is 5.31. The third kappa shape index (κ3) is 3.34. The molecule has 2 aromatic carbocycles. The molecule has 3 N–H and O–H groups in total. The van der Waals surface area contributed by atoms with Crippen LogP contribution >= 0.6 is 0 Å². The highest BCUT2D eigenvalue weighted by Crippen LogP contribution is 2.26. The molecule has 1 amide bonds. The number of carbonyl (C=O) groups excluding carboxylic acids is 1. The summed E-state index contributed by atoms with van der Waals surface area (Å²) < 4.78 is 6.07. The van der Waals surface area contributed by atoms with Crippen LogP contribution in [0.4, 0.5) is 0 Å². The standard InChI is InChI=1S/C20H25N3O2/c21-19-9-4-12-23(19)20(24)17-11-10-15(22-17)13-25-18-8-3-6-14-5-1-2-7-16(14)18/h1-3,5-8,15,17,19,22H,4,9-13,21H2/t15-,17+,19?/m1/s1. The van der Waals surface area contributed by atoms with Gasteiger partial charge in [0.15, 0.2) is 0 Å². The number of hydrogen-bond donors (Lipinski definition) is 2. The number of nitrogens with zero attached hydrogens (tertiary/aromatic N) is 1. The van der Waals surface area contributed by atoms with Crippen molar-refractivity contribution in [2.75, 3.05) is 13.2 Å². The van der Waals surface area contributed by atoms with Crippen molar-refractivity contribution in [1.82, 2.24) is 10.2 Å². The molecule has 2 heterocycles. The van der Waals surface area contributed by atoms with E-state index in [4.69, 9.17) is 10.5 Å². The molecule has 5 heteroatoms. The Morgan fingerprint density at radius 2 is 2.00 bits per heavy atom. The second-order valence-corrected chi connectivity index (χ2v) is 7.02. The Morgan fingerprint density at radius 3 is 2.84 bits per heavy atom. The minimum atomic E-state index is -0.120. The van der Waals surface area contributed by atoms with Crippen molar-refractivity contribution in [3.8, 4) is 5.75 Å². The predicted molar refractivity (Wildman–Crippen MR) is 98.3 cm³/mol. The van der Waals surface area contributed by atoms with E-state index in [1.165, 1.54) is 5.39 Å². The lowest BCUT2D eigenvalue weighted by Crippen LogP contribution is -2.50. The van der Waals surface area contributed by atoms with Gasteiger partial charge in [0.25, 0.3) is 0 Å². The average molecular weight is 339 g/mol. The van der Waals surface area contributed by atoms with E-state index in [0.717, 1.165) is 43.4 Å². The molecule has 2 fully saturated rings. The van der Waals surface area contributed by atoms with E-state index in [0.29, 0.717) is 6.61 Å². The van der Waals surface area contributed by atoms with Crippen LogP contribution in [0.1, 0.15) is 25.7 Å². The van der Waals surface area contributed by atoms with Gasteiger partial charge >= 0.3 is 0 Å². The van der Waals surface area contributed by atoms with Gasteiger partial charge in [-0.2, -0.15) is 0 Å². The maximum Gasteiger partial charge on any atom is 0.240 e. The zero-order valence-electron chi connectivity index (χ0n) is 14.4. The van der Waals surface area contributed by atoms with Crippen molar-refractivity contribution >= 4 is 16.7 Å². The first kappa shape index (κ1) is 16.4. The van der Waals surface area contributed by atoms with Crippen molar-refractivity contribution < 1.29 is 9.53 Å². The Labute approximate surface area is 148 Å². The van der Waals surface area contributed by atoms with Gasteiger partial charge in [0, 0.05) is 18.0 Å². The summed E-state index contributed by atoms with van der Waals surface area (Å²) in [6.45, 7) is 1.36. The first-order chi connectivity index (χ1) is 12.2. The maximum atomic E-state index is 12.6. The number of ether oxygens (including phenoxy) is 1. The molecular formula is C20H25N3O2. The molecule has 0 bridgehead atoms. The van der Waals surface area contributed by atoms with E-state index in [1.54, 1.807) is 0 Å². The largest absolute Gasteiger partial charge is 0.491 e. The summed E-state index contributed by atoms with van der Waals surface area (Å²) in [6, 6.07) is 14.4. The van der Waals surface area contributed by atoms with Crippen LogP contribution in [0.3, 0.4) is 0 Å². The highest BCUT2D eigenvalue weighted by atomic mass is 16.5. The van der Waals surface area contributed by atoms with Crippen LogP contribution in [0.25, 0.3) is 10.8 Å². The highest BCUT2D eigenvalue weighted by Gasteiger charge is 2.35. The molecule has 0 radical (unpaired) electrons. The van der Waals surface area contributed by atoms with E-state index >= 15 is 0 Å². The Kier molecular flexibility index (Phi) is 4.59. The van der Waals surface area contributed by atoms with Crippen LogP contribution in [0, 0.1) is 0 Å². The number of hydrogen-bond acceptors (Lipinski definition) is 4. The van der Waals surface area contributed by atoms with Crippen LogP contribution in [0.15, 0.2) is 42.5 Å². The number of nitrogens with one attached hydrogen (secondary N) is 1. The summed E-state index contributed by atoms with van der Waals surface area (Å²) in [4.78, 5) is 14.4. The van der Waals surface area contributed by atoms with Crippen molar-refractivity contribution in [2.45, 2.75) is 43.9 Å². The summed E-state index contributed by atoms with van der Waals surface area (Å²) in [6.07, 6.45) is 3.61. The van der Waals surface area contributed by atoms with Gasteiger partial charge in [-0.05, 0) is 37.1 Å². The smallest absolute Gasteiger partial charge is 0.240 e. The van der Waals surface area contributed by atoms with Crippen LogP contribution in [0.2, 0.25) is 0 Å². The third-order valence-corrected chi connectivity index (χ3v) is 5.31. The van der Waals surface area contributed by atoms with Crippen LogP contribution < -0.4 is 15.8 Å². The van der Waals surface area contributed by atoms with E-state index in [1.807, 2.05) is 29.2 Å². The second-order valence-electron chi connectivity index (χ2n) is 7.02. The molecule has 0 spiro atoms. The molecule has 132 valence electrons. The lowest BCUT2D eigenvalue weighted by atomic mass is 10.1. The molecule has 2 aromatic rings. The number of fused-ring (bicyclic) bond motifs is 1. The minimum Gasteiger partial charge on any atom is -0.491 e. The SMILES string of the molecule is NC1CCCN1C(=O)[C@@H]1CC[C@H](COc2cccc3ccccc23)N1. The predicted octanol–water partition coefficient (Wildman–Crippen LogP) is 2.25.